The maximum absolute atomic E-state index is 12.9. The van der Waals surface area contributed by atoms with Gasteiger partial charge in [0.15, 0.2) is 5.11 Å². The number of aryl methyl sites for hydroxylation is 1. The highest BCUT2D eigenvalue weighted by atomic mass is 32.1. The zero-order valence-corrected chi connectivity index (χ0v) is 14.2. The molecule has 3 N–H and O–H groups in total. The van der Waals surface area contributed by atoms with Gasteiger partial charge in [-0.3, -0.25) is 0 Å². The van der Waals surface area contributed by atoms with Gasteiger partial charge in [-0.15, -0.1) is 0 Å². The molecule has 0 radical (unpaired) electrons. The first-order valence-electron chi connectivity index (χ1n) is 7.76. The summed E-state index contributed by atoms with van der Waals surface area (Å²) >= 11 is 5.22. The van der Waals surface area contributed by atoms with E-state index in [-0.39, 0.29) is 16.8 Å². The number of hydrogen-bond donors (Lipinski definition) is 3. The fourth-order valence-corrected chi connectivity index (χ4v) is 3.32. The van der Waals surface area contributed by atoms with Crippen LogP contribution < -0.4 is 10.6 Å². The maximum Gasteiger partial charge on any atom is 0.416 e. The second-order valence-electron chi connectivity index (χ2n) is 6.13. The van der Waals surface area contributed by atoms with Gasteiger partial charge in [-0.1, -0.05) is 24.3 Å². The fourth-order valence-electron chi connectivity index (χ4n) is 3.08. The number of aliphatic hydroxyl groups excluding tert-OH is 1. The van der Waals surface area contributed by atoms with E-state index in [1.54, 1.807) is 13.0 Å². The first kappa shape index (κ1) is 17.7. The fraction of sp³-hybridized carbons (Fsp3) is 0.278. The predicted molar refractivity (Wildman–Crippen MR) is 94.4 cm³/mol. The van der Waals surface area contributed by atoms with Gasteiger partial charge in [0.25, 0.3) is 0 Å². The minimum Gasteiger partial charge on any atom is -0.390 e. The lowest BCUT2D eigenvalue weighted by Crippen LogP contribution is -2.36. The summed E-state index contributed by atoms with van der Waals surface area (Å²) in [5.41, 5.74) is 1.98. The smallest absolute Gasteiger partial charge is 0.390 e. The lowest BCUT2D eigenvalue weighted by atomic mass is 10.1. The van der Waals surface area contributed by atoms with E-state index in [2.05, 4.69) is 10.6 Å². The molecule has 2 atom stereocenters. The minimum absolute atomic E-state index is 0.166. The van der Waals surface area contributed by atoms with Crippen molar-refractivity contribution in [2.75, 3.05) is 5.32 Å². The van der Waals surface area contributed by atoms with Gasteiger partial charge in [0.05, 0.1) is 17.7 Å². The number of nitrogens with one attached hydrogen (secondary N) is 2. The van der Waals surface area contributed by atoms with Crippen LogP contribution in [0.4, 0.5) is 18.9 Å². The number of halogens is 3. The van der Waals surface area contributed by atoms with Crippen molar-refractivity contribution in [2.24, 2.45) is 0 Å². The molecule has 0 unspecified atom stereocenters. The third kappa shape index (κ3) is 3.93. The molecule has 0 heterocycles. The summed E-state index contributed by atoms with van der Waals surface area (Å²) in [6.07, 6.45) is -4.54. The van der Waals surface area contributed by atoms with E-state index >= 15 is 0 Å². The highest BCUT2D eigenvalue weighted by Gasteiger charge is 2.32. The summed E-state index contributed by atoms with van der Waals surface area (Å²) in [6.45, 7) is 1.59. The number of hydrogen-bond acceptors (Lipinski definition) is 2. The van der Waals surface area contributed by atoms with Crippen molar-refractivity contribution in [3.63, 3.8) is 0 Å². The van der Waals surface area contributed by atoms with Crippen molar-refractivity contribution >= 4 is 23.0 Å². The van der Waals surface area contributed by atoms with E-state index in [4.69, 9.17) is 12.2 Å². The largest absolute Gasteiger partial charge is 0.416 e. The van der Waals surface area contributed by atoms with Crippen LogP contribution in [0.2, 0.25) is 0 Å². The molecule has 132 valence electrons. The summed E-state index contributed by atoms with van der Waals surface area (Å²) in [5, 5.41) is 16.2. The van der Waals surface area contributed by atoms with Gasteiger partial charge >= 0.3 is 6.18 Å². The normalized spacial score (nSPS) is 19.4. The van der Waals surface area contributed by atoms with Gasteiger partial charge in [-0.2, -0.15) is 13.2 Å². The van der Waals surface area contributed by atoms with Gasteiger partial charge in [0.2, 0.25) is 0 Å². The molecule has 0 aliphatic heterocycles. The molecule has 0 amide bonds. The minimum atomic E-state index is -4.42. The summed E-state index contributed by atoms with van der Waals surface area (Å²) in [5.74, 6) is 0. The first-order valence-corrected chi connectivity index (χ1v) is 8.17. The first-order chi connectivity index (χ1) is 11.7. The van der Waals surface area contributed by atoms with E-state index in [0.717, 1.165) is 23.3 Å². The van der Waals surface area contributed by atoms with Gasteiger partial charge in [-0.25, -0.2) is 0 Å². The Hall–Kier alpha value is -2.12. The zero-order valence-electron chi connectivity index (χ0n) is 13.4. The quantitative estimate of drug-likeness (QED) is 0.704. The third-order valence-electron chi connectivity index (χ3n) is 4.15. The number of benzene rings is 2. The van der Waals surface area contributed by atoms with Crippen LogP contribution in [0.1, 0.15) is 28.3 Å². The van der Waals surface area contributed by atoms with E-state index in [0.29, 0.717) is 12.0 Å². The third-order valence-corrected chi connectivity index (χ3v) is 4.37. The molecule has 0 spiro atoms. The molecule has 2 aromatic carbocycles. The number of rotatable bonds is 2. The Balaban J connectivity index is 1.75. The highest BCUT2D eigenvalue weighted by molar-refractivity contribution is 7.80. The zero-order chi connectivity index (χ0) is 18.2. The standard InChI is InChI=1S/C18H17F3N2OS/c1-10-6-12(18(19,20)21)9-13(7-10)22-17(25)23-16-14-5-3-2-4-11(14)8-15(16)24/h2-7,9,15-16,24H,8H2,1H3,(H2,22,23,25)/t15-,16+/m0/s1. The Morgan fingerprint density at radius 2 is 1.92 bits per heavy atom. The van der Waals surface area contributed by atoms with Crippen molar-refractivity contribution in [1.82, 2.24) is 5.32 Å². The molecule has 0 bridgehead atoms. The summed E-state index contributed by atoms with van der Waals surface area (Å²) in [7, 11) is 0. The Bertz CT molecular complexity index is 807. The number of alkyl halides is 3. The Kier molecular flexibility index (Phi) is 4.71. The molecular weight excluding hydrogens is 349 g/mol. The van der Waals surface area contributed by atoms with E-state index < -0.39 is 17.8 Å². The summed E-state index contributed by atoms with van der Waals surface area (Å²) in [4.78, 5) is 0. The average molecular weight is 366 g/mol. The Morgan fingerprint density at radius 1 is 1.20 bits per heavy atom. The molecule has 0 fully saturated rings. The van der Waals surface area contributed by atoms with Crippen LogP contribution >= 0.6 is 12.2 Å². The van der Waals surface area contributed by atoms with Crippen LogP contribution in [0, 0.1) is 6.92 Å². The van der Waals surface area contributed by atoms with Crippen LogP contribution in [0.5, 0.6) is 0 Å². The van der Waals surface area contributed by atoms with E-state index in [1.165, 1.54) is 0 Å². The number of anilines is 1. The molecule has 0 saturated heterocycles. The SMILES string of the molecule is Cc1cc(NC(=S)N[C@@H]2c3ccccc3C[C@@H]2O)cc(C(F)(F)F)c1. The van der Waals surface area contributed by atoms with E-state index in [1.807, 2.05) is 24.3 Å². The lowest BCUT2D eigenvalue weighted by Gasteiger charge is -2.21. The number of aliphatic hydroxyl groups is 1. The van der Waals surface area contributed by atoms with E-state index in [9.17, 15) is 18.3 Å². The number of fused-ring (bicyclic) bond motifs is 1. The van der Waals surface area contributed by atoms with Gasteiger partial charge in [0.1, 0.15) is 0 Å². The molecule has 3 rings (SSSR count). The van der Waals surface area contributed by atoms with Crippen molar-refractivity contribution in [2.45, 2.75) is 31.7 Å². The topological polar surface area (TPSA) is 44.3 Å². The van der Waals surface area contributed by atoms with Crippen LogP contribution in [0.15, 0.2) is 42.5 Å². The highest BCUT2D eigenvalue weighted by Crippen LogP contribution is 2.33. The monoisotopic (exact) mass is 366 g/mol. The van der Waals surface area contributed by atoms with Crippen molar-refractivity contribution < 1.29 is 18.3 Å². The van der Waals surface area contributed by atoms with Crippen LogP contribution in [0.3, 0.4) is 0 Å². The molecular formula is C18H17F3N2OS. The molecule has 7 heteroatoms. The van der Waals surface area contributed by atoms with Crippen LogP contribution in [-0.2, 0) is 12.6 Å². The van der Waals surface area contributed by atoms with Crippen LogP contribution in [-0.4, -0.2) is 16.3 Å². The van der Waals surface area contributed by atoms with Gasteiger partial charge in [0, 0.05) is 12.1 Å². The second kappa shape index (κ2) is 6.65. The summed E-state index contributed by atoms with van der Waals surface area (Å²) < 4.78 is 38.8. The van der Waals surface area contributed by atoms with Crippen molar-refractivity contribution in [3.8, 4) is 0 Å². The van der Waals surface area contributed by atoms with Crippen molar-refractivity contribution in [3.05, 3.63) is 64.7 Å². The Morgan fingerprint density at radius 3 is 2.64 bits per heavy atom. The molecule has 3 nitrogen and oxygen atoms in total. The summed E-state index contributed by atoms with van der Waals surface area (Å²) in [6, 6.07) is 10.9. The van der Waals surface area contributed by atoms with Gasteiger partial charge < -0.3 is 15.7 Å². The molecule has 25 heavy (non-hydrogen) atoms. The van der Waals surface area contributed by atoms with Crippen molar-refractivity contribution in [1.29, 1.82) is 0 Å². The Labute approximate surface area is 148 Å². The van der Waals surface area contributed by atoms with Gasteiger partial charge in [-0.05, 0) is 54.0 Å². The van der Waals surface area contributed by atoms with Crippen LogP contribution in [0.25, 0.3) is 0 Å². The lowest BCUT2D eigenvalue weighted by molar-refractivity contribution is -0.137. The predicted octanol–water partition coefficient (Wildman–Crippen LogP) is 3.96. The average Bonchev–Trinajstić information content (AvgIpc) is 2.82. The maximum atomic E-state index is 12.9. The molecule has 1 aliphatic carbocycles. The molecule has 0 aromatic heterocycles. The second-order valence-corrected chi connectivity index (χ2v) is 6.54. The molecule has 0 saturated carbocycles. The number of thiocarbonyl (C=S) groups is 1. The molecule has 1 aliphatic rings. The molecule has 2 aromatic rings.